The minimum Gasteiger partial charge on any atom is -0.345 e. The van der Waals surface area contributed by atoms with Crippen molar-refractivity contribution in [3.63, 3.8) is 0 Å². The van der Waals surface area contributed by atoms with Crippen LogP contribution in [0.2, 0.25) is 0 Å². The number of carbonyl (C=O) groups excluding carboxylic acids is 1. The molecule has 1 fully saturated rings. The zero-order valence-electron chi connectivity index (χ0n) is 15.1. The quantitative estimate of drug-likeness (QED) is 0.799. The number of hydrogen-bond acceptors (Lipinski definition) is 6. The van der Waals surface area contributed by atoms with E-state index in [-0.39, 0.29) is 28.7 Å². The fourth-order valence-corrected chi connectivity index (χ4v) is 6.75. The van der Waals surface area contributed by atoms with Crippen molar-refractivity contribution in [2.24, 2.45) is 4.99 Å². The second kappa shape index (κ2) is 8.00. The van der Waals surface area contributed by atoms with Gasteiger partial charge in [0, 0.05) is 24.5 Å². The number of carbonyl (C=O) groups is 1. The fourth-order valence-electron chi connectivity index (χ4n) is 3.07. The summed E-state index contributed by atoms with van der Waals surface area (Å²) in [6.45, 7) is 2.91. The van der Waals surface area contributed by atoms with Gasteiger partial charge in [-0.3, -0.25) is 9.79 Å². The van der Waals surface area contributed by atoms with E-state index in [4.69, 9.17) is 0 Å². The van der Waals surface area contributed by atoms with Crippen LogP contribution in [0.3, 0.4) is 0 Å². The maximum atomic E-state index is 12.2. The van der Waals surface area contributed by atoms with Crippen molar-refractivity contribution in [1.29, 1.82) is 0 Å². The molecule has 2 aliphatic heterocycles. The van der Waals surface area contributed by atoms with Crippen LogP contribution in [-0.2, 0) is 21.1 Å². The van der Waals surface area contributed by atoms with Crippen LogP contribution >= 0.6 is 11.8 Å². The second-order valence-electron chi connectivity index (χ2n) is 6.90. The van der Waals surface area contributed by atoms with Crippen molar-refractivity contribution in [2.45, 2.75) is 37.5 Å². The lowest BCUT2D eigenvalue weighted by molar-refractivity contribution is -0.129. The Morgan fingerprint density at radius 3 is 2.69 bits per heavy atom. The van der Waals surface area contributed by atoms with E-state index in [0.29, 0.717) is 6.42 Å². The SMILES string of the molecule is CCCCN(C)C(=O)Cc1ccc(NC2=N[C@@H]3CS(=O)(=O)C[C@H]3S2)cc1. The number of benzene rings is 1. The number of sulfone groups is 1. The predicted octanol–water partition coefficient (Wildman–Crippen LogP) is 2.17. The van der Waals surface area contributed by atoms with Crippen LogP contribution in [0, 0.1) is 0 Å². The zero-order valence-corrected chi connectivity index (χ0v) is 16.8. The molecular weight excluding hydrogens is 370 g/mol. The van der Waals surface area contributed by atoms with Crippen LogP contribution in [0.5, 0.6) is 0 Å². The fraction of sp³-hybridized carbons (Fsp3) is 0.556. The average molecular weight is 396 g/mol. The first-order chi connectivity index (χ1) is 12.4. The van der Waals surface area contributed by atoms with E-state index < -0.39 is 9.84 Å². The number of likely N-dealkylation sites (N-methyl/N-ethyl adjacent to an activating group) is 1. The molecule has 1 N–H and O–H groups in total. The van der Waals surface area contributed by atoms with Crippen LogP contribution in [0.25, 0.3) is 0 Å². The molecule has 2 atom stereocenters. The van der Waals surface area contributed by atoms with E-state index in [1.54, 1.807) is 4.90 Å². The molecule has 3 rings (SSSR count). The Morgan fingerprint density at radius 1 is 1.31 bits per heavy atom. The number of rotatable bonds is 6. The molecule has 0 unspecified atom stereocenters. The third-order valence-electron chi connectivity index (χ3n) is 4.65. The van der Waals surface area contributed by atoms with Crippen molar-refractivity contribution < 1.29 is 13.2 Å². The molecule has 6 nitrogen and oxygen atoms in total. The van der Waals surface area contributed by atoms with E-state index in [2.05, 4.69) is 17.2 Å². The summed E-state index contributed by atoms with van der Waals surface area (Å²) in [4.78, 5) is 18.5. The summed E-state index contributed by atoms with van der Waals surface area (Å²) in [5.74, 6) is 0.496. The van der Waals surface area contributed by atoms with E-state index in [9.17, 15) is 13.2 Å². The summed E-state index contributed by atoms with van der Waals surface area (Å²) in [6.07, 6.45) is 2.50. The van der Waals surface area contributed by atoms with Gasteiger partial charge in [-0.25, -0.2) is 8.42 Å². The summed E-state index contributed by atoms with van der Waals surface area (Å²) in [6, 6.07) is 7.63. The molecule has 1 saturated heterocycles. The summed E-state index contributed by atoms with van der Waals surface area (Å²) in [7, 11) is -1.08. The van der Waals surface area contributed by atoms with Crippen molar-refractivity contribution >= 4 is 38.4 Å². The van der Waals surface area contributed by atoms with Gasteiger partial charge in [0.25, 0.3) is 0 Å². The smallest absolute Gasteiger partial charge is 0.226 e. The number of hydrogen-bond donors (Lipinski definition) is 1. The van der Waals surface area contributed by atoms with Gasteiger partial charge >= 0.3 is 0 Å². The molecule has 2 heterocycles. The largest absolute Gasteiger partial charge is 0.345 e. The number of thioether (sulfide) groups is 1. The Bertz CT molecular complexity index is 790. The van der Waals surface area contributed by atoms with Gasteiger partial charge in [-0.05, 0) is 24.1 Å². The molecule has 8 heteroatoms. The maximum absolute atomic E-state index is 12.2. The molecule has 1 aromatic carbocycles. The lowest BCUT2D eigenvalue weighted by Crippen LogP contribution is -2.29. The van der Waals surface area contributed by atoms with E-state index in [1.807, 2.05) is 31.3 Å². The summed E-state index contributed by atoms with van der Waals surface area (Å²) in [5.41, 5.74) is 1.88. The van der Waals surface area contributed by atoms with Crippen molar-refractivity contribution in [3.05, 3.63) is 29.8 Å². The first kappa shape index (κ1) is 19.2. The number of nitrogens with zero attached hydrogens (tertiary/aromatic N) is 2. The highest BCUT2D eigenvalue weighted by molar-refractivity contribution is 8.15. The van der Waals surface area contributed by atoms with Gasteiger partial charge < -0.3 is 10.2 Å². The minimum atomic E-state index is -2.92. The second-order valence-corrected chi connectivity index (χ2v) is 10.3. The van der Waals surface area contributed by atoms with Gasteiger partial charge in [0.1, 0.15) is 0 Å². The van der Waals surface area contributed by atoms with Gasteiger partial charge in [-0.15, -0.1) is 0 Å². The van der Waals surface area contributed by atoms with Gasteiger partial charge in [-0.1, -0.05) is 37.2 Å². The first-order valence-electron chi connectivity index (χ1n) is 8.91. The highest BCUT2D eigenvalue weighted by Crippen LogP contribution is 2.34. The lowest BCUT2D eigenvalue weighted by Gasteiger charge is -2.16. The molecule has 1 amide bonds. The average Bonchev–Trinajstić information content (AvgIpc) is 3.06. The van der Waals surface area contributed by atoms with Gasteiger partial charge in [0.2, 0.25) is 5.91 Å². The molecule has 1 aromatic rings. The maximum Gasteiger partial charge on any atom is 0.226 e. The molecule has 0 aliphatic carbocycles. The summed E-state index contributed by atoms with van der Waals surface area (Å²) in [5, 5.41) is 4.07. The Morgan fingerprint density at radius 2 is 2.04 bits per heavy atom. The van der Waals surface area contributed by atoms with E-state index in [1.165, 1.54) is 11.8 Å². The van der Waals surface area contributed by atoms with Crippen molar-refractivity contribution in [3.8, 4) is 0 Å². The third kappa shape index (κ3) is 4.79. The molecule has 0 radical (unpaired) electrons. The van der Waals surface area contributed by atoms with Gasteiger partial charge in [-0.2, -0.15) is 0 Å². The zero-order chi connectivity index (χ0) is 18.7. The van der Waals surface area contributed by atoms with Crippen LogP contribution in [0.1, 0.15) is 25.3 Å². The highest BCUT2D eigenvalue weighted by Gasteiger charge is 2.42. The number of anilines is 1. The molecule has 0 saturated carbocycles. The summed E-state index contributed by atoms with van der Waals surface area (Å²) >= 11 is 1.50. The van der Waals surface area contributed by atoms with Gasteiger partial charge in [0.15, 0.2) is 15.0 Å². The van der Waals surface area contributed by atoms with Crippen molar-refractivity contribution in [1.82, 2.24) is 4.90 Å². The number of fused-ring (bicyclic) bond motifs is 1. The molecule has 0 bridgehead atoms. The third-order valence-corrected chi connectivity index (χ3v) is 7.79. The first-order valence-corrected chi connectivity index (χ1v) is 11.6. The molecule has 0 aromatic heterocycles. The molecule has 0 spiro atoms. The molecule has 2 aliphatic rings. The topological polar surface area (TPSA) is 78.8 Å². The van der Waals surface area contributed by atoms with Crippen LogP contribution in [0.15, 0.2) is 29.3 Å². The Hall–Kier alpha value is -1.54. The molecule has 26 heavy (non-hydrogen) atoms. The molecular formula is C18H25N3O3S2. The Labute approximate surface area is 159 Å². The van der Waals surface area contributed by atoms with Crippen LogP contribution in [-0.4, -0.2) is 60.8 Å². The predicted molar refractivity (Wildman–Crippen MR) is 108 cm³/mol. The number of unbranched alkanes of at least 4 members (excludes halogenated alkanes) is 1. The number of aliphatic imine (C=N–C) groups is 1. The lowest BCUT2D eigenvalue weighted by atomic mass is 10.1. The summed E-state index contributed by atoms with van der Waals surface area (Å²) < 4.78 is 23.2. The number of amidine groups is 1. The van der Waals surface area contributed by atoms with Crippen molar-refractivity contribution in [2.75, 3.05) is 30.4 Å². The van der Waals surface area contributed by atoms with Gasteiger partial charge in [0.05, 0.1) is 24.0 Å². The number of nitrogens with one attached hydrogen (secondary N) is 1. The Kier molecular flexibility index (Phi) is 5.92. The van der Waals surface area contributed by atoms with Crippen LogP contribution < -0.4 is 5.32 Å². The highest BCUT2D eigenvalue weighted by atomic mass is 32.2. The van der Waals surface area contributed by atoms with E-state index >= 15 is 0 Å². The van der Waals surface area contributed by atoms with Crippen LogP contribution in [0.4, 0.5) is 5.69 Å². The number of amides is 1. The minimum absolute atomic E-state index is 0.0399. The normalized spacial score (nSPS) is 23.4. The standard InChI is InChI=1S/C18H25N3O3S2/c1-3-4-9-21(2)17(22)10-13-5-7-14(8-6-13)19-18-20-15-11-26(23,24)12-16(15)25-18/h5-8,15-16H,3-4,9-12H2,1-2H3,(H,19,20)/t15-,16-/m1/s1. The van der Waals surface area contributed by atoms with E-state index in [0.717, 1.165) is 35.8 Å². The molecule has 142 valence electrons. The Balaban J connectivity index is 1.53. The monoisotopic (exact) mass is 395 g/mol.